The van der Waals surface area contributed by atoms with E-state index in [-0.39, 0.29) is 13.1 Å². The molecule has 2 aromatic heterocycles. The number of nitrogens with one attached hydrogen (secondary N) is 2. The Morgan fingerprint density at radius 2 is 1.35 bits per heavy atom. The van der Waals surface area contributed by atoms with Crippen LogP contribution in [0, 0.1) is 0 Å². The summed E-state index contributed by atoms with van der Waals surface area (Å²) in [5.74, 6) is 2.11. The van der Waals surface area contributed by atoms with Crippen molar-refractivity contribution in [1.82, 2.24) is 19.9 Å². The zero-order valence-corrected chi connectivity index (χ0v) is 12.4. The number of aryl methyl sites for hydroxylation is 2. The van der Waals surface area contributed by atoms with Crippen LogP contribution in [0.3, 0.4) is 0 Å². The zero-order chi connectivity index (χ0) is 12.9. The predicted molar refractivity (Wildman–Crippen MR) is 67.6 cm³/mol. The van der Waals surface area contributed by atoms with Gasteiger partial charge in [-0.3, -0.25) is 0 Å². The maximum atomic E-state index is 4.80. The molecule has 0 aliphatic rings. The van der Waals surface area contributed by atoms with Crippen molar-refractivity contribution < 1.29 is 13.1 Å². The zero-order valence-electron chi connectivity index (χ0n) is 9.75. The van der Waals surface area contributed by atoms with Crippen LogP contribution in [-0.4, -0.2) is 19.9 Å². The summed E-state index contributed by atoms with van der Waals surface area (Å²) in [4.78, 5) is 13.9. The van der Waals surface area contributed by atoms with Gasteiger partial charge in [0.1, 0.15) is 11.6 Å². The van der Waals surface area contributed by atoms with E-state index in [1.165, 1.54) is 0 Å². The molecule has 97 valence electrons. The van der Waals surface area contributed by atoms with E-state index in [0.717, 1.165) is 24.5 Å². The van der Waals surface area contributed by atoms with Gasteiger partial charge in [-0.1, -0.05) is 13.8 Å². The fourth-order valence-electron chi connectivity index (χ4n) is 0.983. The van der Waals surface area contributed by atoms with Gasteiger partial charge >= 0.3 is 33.3 Å². The van der Waals surface area contributed by atoms with Crippen molar-refractivity contribution in [2.75, 3.05) is 0 Å². The molecule has 0 saturated carbocycles. The fraction of sp³-hybridized carbons (Fsp3) is 0.400. The average Bonchev–Trinajstić information content (AvgIpc) is 3.04. The number of aromatic nitrogens is 4. The number of halogens is 2. The minimum atomic E-state index is 0.00694. The summed E-state index contributed by atoms with van der Waals surface area (Å²) in [6.45, 7) is 4.14. The van der Waals surface area contributed by atoms with Crippen LogP contribution in [-0.2, 0) is 26.0 Å². The van der Waals surface area contributed by atoms with Crippen LogP contribution in [0.4, 0.5) is 0 Å². The molecule has 0 unspecified atom stereocenters. The van der Waals surface area contributed by atoms with Crippen LogP contribution in [0.25, 0.3) is 0 Å². The molecule has 0 spiro atoms. The third-order valence-electron chi connectivity index (χ3n) is 1.78. The van der Waals surface area contributed by atoms with Gasteiger partial charge in [-0.2, -0.15) is 0 Å². The quantitative estimate of drug-likeness (QED) is 0.835. The molecule has 17 heavy (non-hydrogen) atoms. The predicted octanol–water partition coefficient (Wildman–Crippen LogP) is 3.32. The van der Waals surface area contributed by atoms with Crippen LogP contribution in [0.5, 0.6) is 0 Å². The Labute approximate surface area is 116 Å². The van der Waals surface area contributed by atoms with Crippen molar-refractivity contribution in [2.24, 2.45) is 0 Å². The molecule has 7 heteroatoms. The minimum absolute atomic E-state index is 0.00694. The van der Waals surface area contributed by atoms with E-state index in [2.05, 4.69) is 33.8 Å². The SMILES string of the molecule is CCc1ncc[nH]1.CCc1ncc[nH]1.[Cl][Mn][Cl]. The summed E-state index contributed by atoms with van der Waals surface area (Å²) >= 11 is 0.00694. The van der Waals surface area contributed by atoms with Gasteiger partial charge in [-0.25, -0.2) is 9.97 Å². The molecular formula is C10H16Cl2MnN4. The van der Waals surface area contributed by atoms with Gasteiger partial charge in [0.15, 0.2) is 0 Å². The van der Waals surface area contributed by atoms with Crippen molar-refractivity contribution in [3.8, 4) is 0 Å². The molecule has 0 atom stereocenters. The summed E-state index contributed by atoms with van der Waals surface area (Å²) in [6, 6.07) is 0. The first-order chi connectivity index (χ1) is 8.28. The number of hydrogen-bond acceptors (Lipinski definition) is 2. The molecule has 0 bridgehead atoms. The second-order valence-corrected chi connectivity index (χ2v) is 4.78. The normalized spacial score (nSPS) is 8.71. The van der Waals surface area contributed by atoms with Crippen molar-refractivity contribution in [1.29, 1.82) is 0 Å². The summed E-state index contributed by atoms with van der Waals surface area (Å²) < 4.78 is 0. The molecule has 0 aliphatic heterocycles. The third-order valence-corrected chi connectivity index (χ3v) is 1.78. The number of H-pyrrole nitrogens is 2. The molecule has 0 amide bonds. The Hall–Kier alpha value is -0.481. The van der Waals surface area contributed by atoms with Crippen molar-refractivity contribution >= 4 is 20.2 Å². The molecule has 2 N–H and O–H groups in total. The fourth-order valence-corrected chi connectivity index (χ4v) is 0.983. The van der Waals surface area contributed by atoms with E-state index in [9.17, 15) is 0 Å². The van der Waals surface area contributed by atoms with Gasteiger partial charge in [-0.05, 0) is 0 Å². The summed E-state index contributed by atoms with van der Waals surface area (Å²) in [7, 11) is 9.59. The molecule has 0 aliphatic carbocycles. The number of nitrogens with zero attached hydrogens (tertiary/aromatic N) is 2. The second-order valence-electron chi connectivity index (χ2n) is 2.83. The number of imidazole rings is 2. The van der Waals surface area contributed by atoms with Crippen molar-refractivity contribution in [3.63, 3.8) is 0 Å². The van der Waals surface area contributed by atoms with Crippen LogP contribution in [0.2, 0.25) is 0 Å². The van der Waals surface area contributed by atoms with E-state index in [0.29, 0.717) is 0 Å². The second kappa shape index (κ2) is 12.0. The Balaban J connectivity index is 0.000000247. The maximum absolute atomic E-state index is 4.80. The molecular weight excluding hydrogens is 302 g/mol. The van der Waals surface area contributed by atoms with Crippen LogP contribution < -0.4 is 0 Å². The molecule has 0 saturated heterocycles. The Morgan fingerprint density at radius 1 is 1.00 bits per heavy atom. The molecule has 2 aromatic rings. The van der Waals surface area contributed by atoms with Crippen LogP contribution in [0.15, 0.2) is 24.8 Å². The topological polar surface area (TPSA) is 57.4 Å². The average molecular weight is 318 g/mol. The standard InChI is InChI=1S/2C5H8N2.2ClH.Mn/c2*1-2-5-6-3-4-7-5;;;/h2*3-4H,2H2,1H3,(H,6,7);2*1H;/q;;;;+2/p-2. The van der Waals surface area contributed by atoms with E-state index in [4.69, 9.17) is 20.2 Å². The van der Waals surface area contributed by atoms with Crippen LogP contribution >= 0.6 is 20.2 Å². The Bertz CT molecular complexity index is 303. The first-order valence-corrected chi connectivity index (χ1v) is 8.36. The van der Waals surface area contributed by atoms with Crippen molar-refractivity contribution in [3.05, 3.63) is 36.4 Å². The molecule has 2 heterocycles. The summed E-state index contributed by atoms with van der Waals surface area (Å²) in [5.41, 5.74) is 0. The van der Waals surface area contributed by atoms with Gasteiger partial charge in [0.05, 0.1) is 0 Å². The molecule has 0 fully saturated rings. The van der Waals surface area contributed by atoms with E-state index >= 15 is 0 Å². The van der Waals surface area contributed by atoms with E-state index < -0.39 is 0 Å². The van der Waals surface area contributed by atoms with Gasteiger partial charge in [0, 0.05) is 37.6 Å². The van der Waals surface area contributed by atoms with Gasteiger partial charge in [-0.15, -0.1) is 0 Å². The van der Waals surface area contributed by atoms with Crippen molar-refractivity contribution in [2.45, 2.75) is 26.7 Å². The van der Waals surface area contributed by atoms with Gasteiger partial charge < -0.3 is 9.97 Å². The first-order valence-electron chi connectivity index (χ1n) is 5.11. The van der Waals surface area contributed by atoms with Gasteiger partial charge in [0.2, 0.25) is 0 Å². The number of rotatable bonds is 2. The monoisotopic (exact) mass is 317 g/mol. The Morgan fingerprint density at radius 3 is 1.47 bits per heavy atom. The van der Waals surface area contributed by atoms with E-state index in [1.54, 1.807) is 12.4 Å². The van der Waals surface area contributed by atoms with Gasteiger partial charge in [0.25, 0.3) is 0 Å². The molecule has 0 aromatic carbocycles. The molecule has 0 radical (unpaired) electrons. The third kappa shape index (κ3) is 9.24. The molecule has 2 rings (SSSR count). The molecule has 4 nitrogen and oxygen atoms in total. The number of aromatic amines is 2. The summed E-state index contributed by atoms with van der Waals surface area (Å²) in [5, 5.41) is 0. The number of hydrogen-bond donors (Lipinski definition) is 2. The first kappa shape index (κ1) is 16.5. The van der Waals surface area contributed by atoms with E-state index in [1.807, 2.05) is 12.4 Å². The summed E-state index contributed by atoms with van der Waals surface area (Å²) in [6.07, 6.45) is 9.18. The Kier molecular flexibility index (Phi) is 11.7. The van der Waals surface area contributed by atoms with Crippen LogP contribution in [0.1, 0.15) is 25.5 Å².